The van der Waals surface area contributed by atoms with Gasteiger partial charge in [0.2, 0.25) is 6.10 Å². The molecule has 4 rings (SSSR count). The second-order valence-electron chi connectivity index (χ2n) is 7.66. The molecular formula is C18H22O4. The van der Waals surface area contributed by atoms with E-state index in [1.54, 1.807) is 18.2 Å². The van der Waals surface area contributed by atoms with E-state index >= 15 is 0 Å². The molecule has 22 heavy (non-hydrogen) atoms. The quantitative estimate of drug-likeness (QED) is 0.748. The molecule has 1 aliphatic carbocycles. The third kappa shape index (κ3) is 1.67. The number of hydrogen-bond acceptors (Lipinski definition) is 4. The average Bonchev–Trinajstić information content (AvgIpc) is 2.61. The van der Waals surface area contributed by atoms with Crippen LogP contribution < -0.4 is 4.74 Å². The van der Waals surface area contributed by atoms with Gasteiger partial charge in [0, 0.05) is 0 Å². The summed E-state index contributed by atoms with van der Waals surface area (Å²) in [5.41, 5.74) is 0.469. The first-order valence-electron chi connectivity index (χ1n) is 8.05. The summed E-state index contributed by atoms with van der Waals surface area (Å²) in [5, 5.41) is 9.81. The molecule has 0 radical (unpaired) electrons. The molecule has 1 saturated carbocycles. The summed E-state index contributed by atoms with van der Waals surface area (Å²) in [6.45, 7) is 6.56. The Bertz CT molecular complexity index is 654. The van der Waals surface area contributed by atoms with E-state index in [1.165, 1.54) is 0 Å². The van der Waals surface area contributed by atoms with Crippen LogP contribution in [0.2, 0.25) is 0 Å². The molecular weight excluding hydrogens is 280 g/mol. The van der Waals surface area contributed by atoms with Gasteiger partial charge >= 0.3 is 5.97 Å². The van der Waals surface area contributed by atoms with Crippen LogP contribution >= 0.6 is 0 Å². The summed E-state index contributed by atoms with van der Waals surface area (Å²) in [4.78, 5) is 12.4. The summed E-state index contributed by atoms with van der Waals surface area (Å²) in [6, 6.07) is 5.14. The van der Waals surface area contributed by atoms with E-state index in [0.717, 1.165) is 24.8 Å². The molecule has 1 aromatic rings. The van der Waals surface area contributed by atoms with E-state index in [-0.39, 0.29) is 23.1 Å². The lowest BCUT2D eigenvalue weighted by molar-refractivity contribution is -0.155. The molecule has 4 heteroatoms. The van der Waals surface area contributed by atoms with Crippen LogP contribution in [0.25, 0.3) is 0 Å². The number of carbonyl (C=O) groups is 1. The molecule has 2 aliphatic heterocycles. The van der Waals surface area contributed by atoms with Crippen LogP contribution in [0, 0.1) is 17.3 Å². The highest BCUT2D eigenvalue weighted by Gasteiger charge is 2.65. The predicted octanol–water partition coefficient (Wildman–Crippen LogP) is 3.06. The zero-order valence-electron chi connectivity index (χ0n) is 13.3. The van der Waals surface area contributed by atoms with Crippen LogP contribution in [-0.2, 0) is 16.0 Å². The molecule has 0 unspecified atom stereocenters. The Balaban J connectivity index is 1.90. The summed E-state index contributed by atoms with van der Waals surface area (Å²) >= 11 is 0. The van der Waals surface area contributed by atoms with Crippen molar-refractivity contribution < 1.29 is 19.4 Å². The van der Waals surface area contributed by atoms with Gasteiger partial charge in [-0.15, -0.1) is 0 Å². The van der Waals surface area contributed by atoms with Gasteiger partial charge in [-0.1, -0.05) is 13.8 Å². The summed E-state index contributed by atoms with van der Waals surface area (Å²) in [6.07, 6.45) is 2.19. The van der Waals surface area contributed by atoms with Crippen molar-refractivity contribution in [2.24, 2.45) is 17.3 Å². The number of phenolic OH excluding ortho intramolecular Hbond substituents is 1. The van der Waals surface area contributed by atoms with Gasteiger partial charge < -0.3 is 14.6 Å². The molecule has 0 bridgehead atoms. The first-order valence-corrected chi connectivity index (χ1v) is 8.05. The smallest absolute Gasteiger partial charge is 0.348 e. The van der Waals surface area contributed by atoms with Gasteiger partial charge in [-0.05, 0) is 61.3 Å². The highest BCUT2D eigenvalue weighted by atomic mass is 16.6. The number of hydrogen-bond donors (Lipinski definition) is 1. The van der Waals surface area contributed by atoms with Crippen LogP contribution in [0.1, 0.15) is 39.2 Å². The maximum absolute atomic E-state index is 12.4. The van der Waals surface area contributed by atoms with Crippen molar-refractivity contribution in [3.8, 4) is 11.5 Å². The molecule has 0 spiro atoms. The van der Waals surface area contributed by atoms with E-state index < -0.39 is 11.7 Å². The lowest BCUT2D eigenvalue weighted by atomic mass is 9.54. The number of carbonyl (C=O) groups excluding carboxylic acids is 1. The lowest BCUT2D eigenvalue weighted by Gasteiger charge is -2.50. The molecule has 2 fully saturated rings. The van der Waals surface area contributed by atoms with E-state index in [2.05, 4.69) is 20.8 Å². The molecule has 0 aromatic heterocycles. The minimum atomic E-state index is -0.538. The average molecular weight is 302 g/mol. The number of aromatic hydroxyl groups is 1. The zero-order valence-corrected chi connectivity index (χ0v) is 13.3. The first kappa shape index (κ1) is 13.9. The van der Waals surface area contributed by atoms with Crippen LogP contribution in [0.5, 0.6) is 11.5 Å². The van der Waals surface area contributed by atoms with Gasteiger partial charge in [0.25, 0.3) is 0 Å². The first-order chi connectivity index (χ1) is 10.3. The Labute approximate surface area is 130 Å². The molecule has 5 atom stereocenters. The second-order valence-corrected chi connectivity index (χ2v) is 7.66. The molecule has 4 nitrogen and oxygen atoms in total. The van der Waals surface area contributed by atoms with Gasteiger partial charge in [0.15, 0.2) is 0 Å². The zero-order chi connectivity index (χ0) is 15.7. The molecule has 2 heterocycles. The van der Waals surface area contributed by atoms with E-state index in [0.29, 0.717) is 11.7 Å². The van der Waals surface area contributed by atoms with Crippen molar-refractivity contribution in [2.45, 2.75) is 51.7 Å². The van der Waals surface area contributed by atoms with Crippen molar-refractivity contribution in [3.63, 3.8) is 0 Å². The molecule has 0 amide bonds. The summed E-state index contributed by atoms with van der Waals surface area (Å²) in [5.74, 6) is 1.22. The predicted molar refractivity (Wildman–Crippen MR) is 80.7 cm³/mol. The van der Waals surface area contributed by atoms with Gasteiger partial charge in [0.05, 0.1) is 5.92 Å². The monoisotopic (exact) mass is 302 g/mol. The van der Waals surface area contributed by atoms with Crippen molar-refractivity contribution in [2.75, 3.05) is 0 Å². The fourth-order valence-electron chi connectivity index (χ4n) is 4.96. The minimum Gasteiger partial charge on any atom is -0.508 e. The largest absolute Gasteiger partial charge is 0.508 e. The second kappa shape index (κ2) is 4.18. The molecule has 1 N–H and O–H groups in total. The maximum atomic E-state index is 12.4. The number of phenols is 1. The number of benzene rings is 1. The normalized spacial score (nSPS) is 42.7. The highest BCUT2D eigenvalue weighted by molar-refractivity contribution is 5.79. The van der Waals surface area contributed by atoms with Crippen LogP contribution in [0.4, 0.5) is 0 Å². The minimum absolute atomic E-state index is 0.0470. The number of fused-ring (bicyclic) bond motifs is 1. The fraction of sp³-hybridized carbons (Fsp3) is 0.611. The fourth-order valence-corrected chi connectivity index (χ4v) is 4.96. The standard InChI is InChI=1S/C18H22O4/c1-10-6-7-18(3)15-14(16(20)22-18)21-13-5-4-12(19)8-11(13)9-17(10,15)2/h4-5,8,10,14-15,19H,6-7,9H2,1-3H3/t10-,14+,15-,17+,18-/m1/s1. The van der Waals surface area contributed by atoms with Gasteiger partial charge in [-0.3, -0.25) is 0 Å². The van der Waals surface area contributed by atoms with Gasteiger partial charge in [-0.25, -0.2) is 4.79 Å². The molecule has 1 saturated heterocycles. The Morgan fingerprint density at radius 2 is 2.09 bits per heavy atom. The number of ether oxygens (including phenoxy) is 2. The van der Waals surface area contributed by atoms with E-state index in [4.69, 9.17) is 9.47 Å². The highest BCUT2D eigenvalue weighted by Crippen LogP contribution is 2.59. The van der Waals surface area contributed by atoms with Crippen LogP contribution in [-0.4, -0.2) is 22.8 Å². The third-order valence-electron chi connectivity index (χ3n) is 6.31. The topological polar surface area (TPSA) is 55.8 Å². The Kier molecular flexibility index (Phi) is 2.64. The number of esters is 1. The Morgan fingerprint density at radius 3 is 2.86 bits per heavy atom. The van der Waals surface area contributed by atoms with Crippen LogP contribution in [0.15, 0.2) is 18.2 Å². The molecule has 118 valence electrons. The van der Waals surface area contributed by atoms with Crippen molar-refractivity contribution in [1.29, 1.82) is 0 Å². The maximum Gasteiger partial charge on any atom is 0.348 e. The lowest BCUT2D eigenvalue weighted by Crippen LogP contribution is -2.54. The Morgan fingerprint density at radius 1 is 1.32 bits per heavy atom. The van der Waals surface area contributed by atoms with Crippen LogP contribution in [0.3, 0.4) is 0 Å². The third-order valence-corrected chi connectivity index (χ3v) is 6.31. The van der Waals surface area contributed by atoms with E-state index in [9.17, 15) is 9.90 Å². The summed E-state index contributed by atoms with van der Waals surface area (Å²) in [7, 11) is 0. The number of rotatable bonds is 0. The van der Waals surface area contributed by atoms with Crippen molar-refractivity contribution in [3.05, 3.63) is 23.8 Å². The summed E-state index contributed by atoms with van der Waals surface area (Å²) < 4.78 is 11.8. The van der Waals surface area contributed by atoms with Crippen molar-refractivity contribution in [1.82, 2.24) is 0 Å². The van der Waals surface area contributed by atoms with E-state index in [1.807, 2.05) is 0 Å². The molecule has 1 aromatic carbocycles. The van der Waals surface area contributed by atoms with Gasteiger partial charge in [0.1, 0.15) is 17.1 Å². The van der Waals surface area contributed by atoms with Gasteiger partial charge in [-0.2, -0.15) is 0 Å². The Hall–Kier alpha value is -1.71. The SMILES string of the molecule is C[C@@H]1CC[C@@]2(C)OC(=O)[C@H]3Oc4ccc(O)cc4C[C@]1(C)[C@@H]32. The van der Waals surface area contributed by atoms with Crippen molar-refractivity contribution >= 4 is 5.97 Å². The molecule has 3 aliphatic rings.